The lowest BCUT2D eigenvalue weighted by Gasteiger charge is -2.17. The largest absolute Gasteiger partial charge is 0.475 e. The molecule has 2 heterocycles. The second kappa shape index (κ2) is 6.42. The maximum absolute atomic E-state index is 11.8. The van der Waals surface area contributed by atoms with E-state index in [2.05, 4.69) is 0 Å². The van der Waals surface area contributed by atoms with E-state index in [-0.39, 0.29) is 0 Å². The first-order valence-corrected chi connectivity index (χ1v) is 6.36. The molecule has 1 aromatic rings. The first kappa shape index (κ1) is 17.0. The number of aromatic amines is 1. The first-order chi connectivity index (χ1) is 10.8. The molecule has 0 aromatic carbocycles. The summed E-state index contributed by atoms with van der Waals surface area (Å²) >= 11 is 0. The number of aliphatic hydroxyl groups excluding tert-OH is 3. The Morgan fingerprint density at radius 2 is 1.96 bits per heavy atom. The van der Waals surface area contributed by atoms with Crippen LogP contribution in [0.2, 0.25) is 0 Å². The van der Waals surface area contributed by atoms with Crippen molar-refractivity contribution in [1.29, 1.82) is 0 Å². The molecule has 0 bridgehead atoms. The van der Waals surface area contributed by atoms with Gasteiger partial charge < -0.3 is 25.2 Å². The molecule has 5 N–H and O–H groups in total. The number of carboxylic acid groups (broad SMARTS) is 1. The van der Waals surface area contributed by atoms with Crippen molar-refractivity contribution < 1.29 is 34.8 Å². The predicted octanol–water partition coefficient (Wildman–Crippen LogP) is -3.65. The fourth-order valence-corrected chi connectivity index (χ4v) is 2.11. The molecule has 0 saturated carbocycles. The molecule has 1 saturated heterocycles. The minimum absolute atomic E-state index is 0.449. The molecule has 11 nitrogen and oxygen atoms in total. The quantitative estimate of drug-likeness (QED) is 0.340. The van der Waals surface area contributed by atoms with E-state index in [1.165, 1.54) is 0 Å². The first-order valence-electron chi connectivity index (χ1n) is 6.36. The Morgan fingerprint density at radius 1 is 1.30 bits per heavy atom. The van der Waals surface area contributed by atoms with Crippen LogP contribution in [0.1, 0.15) is 11.8 Å². The van der Waals surface area contributed by atoms with Crippen LogP contribution in [0.4, 0.5) is 0 Å². The van der Waals surface area contributed by atoms with Gasteiger partial charge in [0.25, 0.3) is 5.56 Å². The van der Waals surface area contributed by atoms with Crippen LogP contribution in [0, 0.1) is 6.42 Å². The number of ketones is 1. The van der Waals surface area contributed by atoms with Gasteiger partial charge >= 0.3 is 11.7 Å². The van der Waals surface area contributed by atoms with Crippen LogP contribution >= 0.6 is 0 Å². The third-order valence-corrected chi connectivity index (χ3v) is 3.28. The molecule has 1 aliphatic heterocycles. The lowest BCUT2D eigenvalue weighted by atomic mass is 10.1. The number of H-pyrrole nitrogens is 1. The summed E-state index contributed by atoms with van der Waals surface area (Å²) in [5.74, 6) is -3.18. The minimum Gasteiger partial charge on any atom is -0.475 e. The molecule has 1 fully saturated rings. The number of nitrogens with zero attached hydrogens (tertiary/aromatic N) is 1. The van der Waals surface area contributed by atoms with Crippen molar-refractivity contribution in [3.63, 3.8) is 0 Å². The maximum Gasteiger partial charge on any atom is 0.372 e. The highest BCUT2D eigenvalue weighted by Crippen LogP contribution is 2.28. The van der Waals surface area contributed by atoms with Crippen LogP contribution in [-0.2, 0) is 14.3 Å². The number of Topliss-reactive ketones (excluding diaryl/α,β-unsaturated/α-hetero) is 1. The smallest absolute Gasteiger partial charge is 0.372 e. The van der Waals surface area contributed by atoms with E-state index < -0.39 is 59.7 Å². The van der Waals surface area contributed by atoms with Crippen molar-refractivity contribution in [1.82, 2.24) is 9.55 Å². The molecule has 23 heavy (non-hydrogen) atoms. The van der Waals surface area contributed by atoms with Gasteiger partial charge in [-0.1, -0.05) is 0 Å². The van der Waals surface area contributed by atoms with Gasteiger partial charge in [0.2, 0.25) is 5.78 Å². The molecule has 0 aliphatic carbocycles. The van der Waals surface area contributed by atoms with Gasteiger partial charge in [-0.2, -0.15) is 0 Å². The van der Waals surface area contributed by atoms with Gasteiger partial charge in [0.1, 0.15) is 18.3 Å². The number of ether oxygens (including phenoxy) is 1. The van der Waals surface area contributed by atoms with Crippen LogP contribution in [0.25, 0.3) is 0 Å². The average Bonchev–Trinajstić information content (AvgIpc) is 2.77. The number of rotatable bonds is 5. The Hall–Kier alpha value is -2.34. The zero-order chi connectivity index (χ0) is 17.3. The summed E-state index contributed by atoms with van der Waals surface area (Å²) in [7, 11) is 0. The van der Waals surface area contributed by atoms with Gasteiger partial charge in [0, 0.05) is 11.8 Å². The topological polar surface area (TPSA) is 179 Å². The van der Waals surface area contributed by atoms with Crippen LogP contribution in [0.5, 0.6) is 0 Å². The van der Waals surface area contributed by atoms with Gasteiger partial charge in [-0.05, 0) is 0 Å². The summed E-state index contributed by atoms with van der Waals surface area (Å²) < 4.78 is 5.81. The lowest BCUT2D eigenvalue weighted by molar-refractivity contribution is -0.147. The normalized spacial score (nSPS) is 27.1. The molecular formula is C12H13N2O9. The molecule has 2 rings (SSSR count). The fourth-order valence-electron chi connectivity index (χ4n) is 2.11. The van der Waals surface area contributed by atoms with Crippen LogP contribution in [-0.4, -0.2) is 66.6 Å². The molecule has 1 aliphatic rings. The predicted molar refractivity (Wildman–Crippen MR) is 70.4 cm³/mol. The molecule has 0 spiro atoms. The number of hydrogen-bond acceptors (Lipinski definition) is 8. The van der Waals surface area contributed by atoms with E-state index in [9.17, 15) is 29.4 Å². The summed E-state index contributed by atoms with van der Waals surface area (Å²) in [6.45, 7) is -0.622. The summed E-state index contributed by atoms with van der Waals surface area (Å²) in [5, 5.41) is 37.1. The number of carbonyl (C=O) groups is 2. The summed E-state index contributed by atoms with van der Waals surface area (Å²) in [6.07, 6.45) is -4.32. The Kier molecular flexibility index (Phi) is 4.75. The third kappa shape index (κ3) is 3.22. The summed E-state index contributed by atoms with van der Waals surface area (Å²) in [6, 6.07) is 0. The van der Waals surface area contributed by atoms with Crippen molar-refractivity contribution in [3.05, 3.63) is 39.0 Å². The second-order valence-corrected chi connectivity index (χ2v) is 4.79. The minimum atomic E-state index is -1.80. The van der Waals surface area contributed by atoms with Gasteiger partial charge in [-0.15, -0.1) is 0 Å². The molecule has 11 heteroatoms. The highest BCUT2D eigenvalue weighted by atomic mass is 16.6. The molecular weight excluding hydrogens is 316 g/mol. The highest BCUT2D eigenvalue weighted by Gasteiger charge is 2.43. The number of hydrogen-bond donors (Lipinski definition) is 5. The number of aromatic nitrogens is 2. The monoisotopic (exact) mass is 329 g/mol. The lowest BCUT2D eigenvalue weighted by Crippen LogP contribution is -2.39. The van der Waals surface area contributed by atoms with Crippen molar-refractivity contribution >= 4 is 11.8 Å². The number of aliphatic carboxylic acids is 1. The van der Waals surface area contributed by atoms with Crippen LogP contribution in [0.15, 0.2) is 15.8 Å². The average molecular weight is 329 g/mol. The van der Waals surface area contributed by atoms with E-state index >= 15 is 0 Å². The third-order valence-electron chi connectivity index (χ3n) is 3.28. The van der Waals surface area contributed by atoms with Gasteiger partial charge in [-0.25, -0.2) is 9.59 Å². The zero-order valence-corrected chi connectivity index (χ0v) is 11.4. The zero-order valence-electron chi connectivity index (χ0n) is 11.4. The molecule has 125 valence electrons. The van der Waals surface area contributed by atoms with Gasteiger partial charge in [-0.3, -0.25) is 19.1 Å². The van der Waals surface area contributed by atoms with Crippen molar-refractivity contribution in [2.45, 2.75) is 24.5 Å². The Balaban J connectivity index is 2.40. The van der Waals surface area contributed by atoms with E-state index in [1.807, 2.05) is 4.98 Å². The second-order valence-electron chi connectivity index (χ2n) is 4.79. The number of carbonyl (C=O) groups excluding carboxylic acids is 1. The van der Waals surface area contributed by atoms with Crippen LogP contribution in [0.3, 0.4) is 0 Å². The van der Waals surface area contributed by atoms with Crippen LogP contribution < -0.4 is 11.2 Å². The van der Waals surface area contributed by atoms with Gasteiger partial charge in [0.05, 0.1) is 13.0 Å². The van der Waals surface area contributed by atoms with Crippen molar-refractivity contribution in [2.24, 2.45) is 0 Å². The van der Waals surface area contributed by atoms with Gasteiger partial charge in [0.15, 0.2) is 6.23 Å². The maximum atomic E-state index is 11.8. The number of nitrogens with one attached hydrogen (secondary N) is 1. The number of aliphatic hydroxyl groups is 3. The number of carboxylic acids is 1. The summed E-state index contributed by atoms with van der Waals surface area (Å²) in [4.78, 5) is 46.9. The van der Waals surface area contributed by atoms with E-state index in [0.29, 0.717) is 11.0 Å². The fraction of sp³-hybridized carbons (Fsp3) is 0.417. The Labute approximate surface area is 127 Å². The van der Waals surface area contributed by atoms with E-state index in [1.54, 1.807) is 0 Å². The van der Waals surface area contributed by atoms with E-state index in [0.717, 1.165) is 6.20 Å². The van der Waals surface area contributed by atoms with E-state index in [4.69, 9.17) is 14.9 Å². The van der Waals surface area contributed by atoms with Crippen molar-refractivity contribution in [3.8, 4) is 0 Å². The molecule has 0 amide bonds. The Bertz CT molecular complexity index is 737. The molecule has 1 radical (unpaired) electrons. The highest BCUT2D eigenvalue weighted by molar-refractivity contribution is 6.37. The Morgan fingerprint density at radius 3 is 2.48 bits per heavy atom. The molecule has 0 unspecified atom stereocenters. The summed E-state index contributed by atoms with van der Waals surface area (Å²) in [5.41, 5.74) is -2.47. The molecule has 1 aromatic heterocycles. The SMILES string of the molecule is O=C(O)C(=O)[CH]c1cn([C@@H]2O[C@H](CO)[C@@H](O)[C@H]2O)c(=O)[nH]c1=O. The standard InChI is InChI=1S/C12H13N2O9/c15-3-6-7(17)8(18)10(23-6)14-2-4(1-5(16)11(20)21)9(19)13-12(14)22/h1-2,6-8,10,15,17-18H,3H2,(H,20,21)(H,13,19,22)/t6-,7-,8-,10-/m1/s1. The van der Waals surface area contributed by atoms with Crippen molar-refractivity contribution in [2.75, 3.05) is 6.61 Å². The molecule has 4 atom stereocenters.